The van der Waals surface area contributed by atoms with Gasteiger partial charge in [-0.15, -0.1) is 0 Å². The van der Waals surface area contributed by atoms with Gasteiger partial charge in [0, 0.05) is 5.38 Å². The lowest BCUT2D eigenvalue weighted by Crippen LogP contribution is -2.26. The zero-order valence-corrected chi connectivity index (χ0v) is 11.9. The van der Waals surface area contributed by atoms with Crippen molar-refractivity contribution in [3.05, 3.63) is 46.2 Å². The van der Waals surface area contributed by atoms with Crippen LogP contribution in [0.3, 0.4) is 0 Å². The number of hydrogen-bond acceptors (Lipinski definition) is 4. The molecule has 1 aromatic carbocycles. The Morgan fingerprint density at radius 1 is 1.25 bits per heavy atom. The molecule has 20 heavy (non-hydrogen) atoms. The smallest absolute Gasteiger partial charge is 0.252 e. The highest BCUT2D eigenvalue weighted by Gasteiger charge is 2.16. The number of nitrogens with one attached hydrogen (secondary N) is 1. The van der Waals surface area contributed by atoms with E-state index >= 15 is 0 Å². The van der Waals surface area contributed by atoms with Crippen LogP contribution >= 0.6 is 11.3 Å². The van der Waals surface area contributed by atoms with Gasteiger partial charge in [-0.3, -0.25) is 4.79 Å². The summed E-state index contributed by atoms with van der Waals surface area (Å²) < 4.78 is 11.0. The van der Waals surface area contributed by atoms with Crippen LogP contribution in [0.2, 0.25) is 0 Å². The number of rotatable bonds is 3. The fourth-order valence-electron chi connectivity index (χ4n) is 2.09. The van der Waals surface area contributed by atoms with Crippen LogP contribution in [-0.2, 0) is 0 Å². The van der Waals surface area contributed by atoms with Crippen LogP contribution < -0.4 is 14.8 Å². The molecule has 1 amide bonds. The van der Waals surface area contributed by atoms with Gasteiger partial charge in [0.25, 0.3) is 5.91 Å². The van der Waals surface area contributed by atoms with Crippen LogP contribution in [-0.4, -0.2) is 19.1 Å². The topological polar surface area (TPSA) is 47.6 Å². The van der Waals surface area contributed by atoms with Crippen molar-refractivity contribution in [2.75, 3.05) is 13.2 Å². The Morgan fingerprint density at radius 3 is 2.80 bits per heavy atom. The zero-order valence-electron chi connectivity index (χ0n) is 11.1. The molecule has 1 aliphatic rings. The molecule has 5 heteroatoms. The first-order valence-electron chi connectivity index (χ1n) is 6.46. The van der Waals surface area contributed by atoms with Gasteiger partial charge < -0.3 is 14.8 Å². The second-order valence-electron chi connectivity index (χ2n) is 4.61. The van der Waals surface area contributed by atoms with E-state index in [2.05, 4.69) is 5.32 Å². The van der Waals surface area contributed by atoms with Gasteiger partial charge in [0.1, 0.15) is 13.2 Å². The van der Waals surface area contributed by atoms with Gasteiger partial charge in [-0.1, -0.05) is 6.07 Å². The fourth-order valence-corrected chi connectivity index (χ4v) is 2.72. The molecule has 1 atom stereocenters. The summed E-state index contributed by atoms with van der Waals surface area (Å²) in [6.45, 7) is 3.10. The van der Waals surface area contributed by atoms with E-state index < -0.39 is 0 Å². The van der Waals surface area contributed by atoms with Crippen LogP contribution in [0.4, 0.5) is 0 Å². The van der Waals surface area contributed by atoms with Gasteiger partial charge >= 0.3 is 0 Å². The SMILES string of the molecule is CC(NC(=O)c1ccsc1)c1ccc2c(c1)OCCO2. The van der Waals surface area contributed by atoms with Gasteiger partial charge in [-0.2, -0.15) is 11.3 Å². The average Bonchev–Trinajstić information content (AvgIpc) is 3.01. The zero-order chi connectivity index (χ0) is 13.9. The van der Waals surface area contributed by atoms with E-state index in [1.54, 1.807) is 0 Å². The number of hydrogen-bond donors (Lipinski definition) is 1. The summed E-state index contributed by atoms with van der Waals surface area (Å²) in [5, 5.41) is 6.71. The van der Waals surface area contributed by atoms with E-state index in [1.807, 2.05) is 41.9 Å². The number of ether oxygens (including phenoxy) is 2. The Kier molecular flexibility index (Phi) is 3.60. The van der Waals surface area contributed by atoms with Crippen molar-refractivity contribution in [1.29, 1.82) is 0 Å². The van der Waals surface area contributed by atoms with E-state index in [0.29, 0.717) is 18.8 Å². The first kappa shape index (κ1) is 13.0. The predicted octanol–water partition coefficient (Wildman–Crippen LogP) is 3.01. The fraction of sp³-hybridized carbons (Fsp3) is 0.267. The van der Waals surface area contributed by atoms with Gasteiger partial charge in [0.2, 0.25) is 0 Å². The highest BCUT2D eigenvalue weighted by Crippen LogP contribution is 2.32. The second kappa shape index (κ2) is 5.54. The van der Waals surface area contributed by atoms with Crippen molar-refractivity contribution in [3.63, 3.8) is 0 Å². The molecular weight excluding hydrogens is 274 g/mol. The van der Waals surface area contributed by atoms with Crippen LogP contribution in [0.25, 0.3) is 0 Å². The number of benzene rings is 1. The van der Waals surface area contributed by atoms with E-state index in [4.69, 9.17) is 9.47 Å². The Bertz CT molecular complexity index is 610. The maximum Gasteiger partial charge on any atom is 0.252 e. The molecule has 0 saturated heterocycles. The third-order valence-electron chi connectivity index (χ3n) is 3.20. The van der Waals surface area contributed by atoms with Gasteiger partial charge in [0.05, 0.1) is 11.6 Å². The first-order valence-corrected chi connectivity index (χ1v) is 7.41. The molecular formula is C15H15NO3S. The minimum atomic E-state index is -0.0850. The molecule has 1 aliphatic heterocycles. The molecule has 104 valence electrons. The van der Waals surface area contributed by atoms with Crippen molar-refractivity contribution in [1.82, 2.24) is 5.32 Å². The summed E-state index contributed by atoms with van der Waals surface area (Å²) in [5.74, 6) is 1.44. The molecule has 0 fully saturated rings. The summed E-state index contributed by atoms with van der Waals surface area (Å²) in [5.41, 5.74) is 1.69. The Hall–Kier alpha value is -2.01. The number of thiophene rings is 1. The number of carbonyl (C=O) groups is 1. The lowest BCUT2D eigenvalue weighted by atomic mass is 10.1. The highest BCUT2D eigenvalue weighted by atomic mass is 32.1. The van der Waals surface area contributed by atoms with Gasteiger partial charge in [-0.05, 0) is 36.1 Å². The average molecular weight is 289 g/mol. The summed E-state index contributed by atoms with van der Waals surface area (Å²) in [4.78, 5) is 12.0. The van der Waals surface area contributed by atoms with Crippen LogP contribution in [0, 0.1) is 0 Å². The molecule has 0 radical (unpaired) electrons. The summed E-state index contributed by atoms with van der Waals surface area (Å²) in [6.07, 6.45) is 0. The molecule has 0 bridgehead atoms. The molecule has 1 aromatic heterocycles. The monoisotopic (exact) mass is 289 g/mol. The summed E-state index contributed by atoms with van der Waals surface area (Å²) in [6, 6.07) is 7.49. The normalized spacial score (nSPS) is 14.7. The summed E-state index contributed by atoms with van der Waals surface area (Å²) in [7, 11) is 0. The number of fused-ring (bicyclic) bond motifs is 1. The van der Waals surface area contributed by atoms with Crippen LogP contribution in [0.5, 0.6) is 11.5 Å². The van der Waals surface area contributed by atoms with Crippen molar-refractivity contribution < 1.29 is 14.3 Å². The van der Waals surface area contributed by atoms with E-state index in [0.717, 1.165) is 17.1 Å². The van der Waals surface area contributed by atoms with E-state index in [1.165, 1.54) is 11.3 Å². The van der Waals surface area contributed by atoms with Gasteiger partial charge in [0.15, 0.2) is 11.5 Å². The quantitative estimate of drug-likeness (QED) is 0.945. The Labute approximate surface area is 121 Å². The number of amides is 1. The molecule has 2 aromatic rings. The predicted molar refractivity (Wildman–Crippen MR) is 77.6 cm³/mol. The third kappa shape index (κ3) is 2.63. The first-order chi connectivity index (χ1) is 9.74. The van der Waals surface area contributed by atoms with Crippen molar-refractivity contribution >= 4 is 17.2 Å². The minimum Gasteiger partial charge on any atom is -0.486 e. The molecule has 1 N–H and O–H groups in total. The minimum absolute atomic E-state index is 0.0614. The molecule has 2 heterocycles. The lowest BCUT2D eigenvalue weighted by Gasteiger charge is -2.21. The molecule has 4 nitrogen and oxygen atoms in total. The molecule has 0 aliphatic carbocycles. The maximum atomic E-state index is 12.0. The lowest BCUT2D eigenvalue weighted by molar-refractivity contribution is 0.0940. The summed E-state index contributed by atoms with van der Waals surface area (Å²) >= 11 is 1.51. The van der Waals surface area contributed by atoms with Crippen molar-refractivity contribution in [3.8, 4) is 11.5 Å². The van der Waals surface area contributed by atoms with E-state index in [-0.39, 0.29) is 11.9 Å². The Morgan fingerprint density at radius 2 is 2.05 bits per heavy atom. The second-order valence-corrected chi connectivity index (χ2v) is 5.39. The van der Waals surface area contributed by atoms with Crippen LogP contribution in [0.15, 0.2) is 35.0 Å². The van der Waals surface area contributed by atoms with Crippen LogP contribution in [0.1, 0.15) is 28.9 Å². The molecule has 0 spiro atoms. The molecule has 1 unspecified atom stereocenters. The maximum absolute atomic E-state index is 12.0. The number of carbonyl (C=O) groups excluding carboxylic acids is 1. The molecule has 0 saturated carbocycles. The largest absolute Gasteiger partial charge is 0.486 e. The highest BCUT2D eigenvalue weighted by molar-refractivity contribution is 7.08. The standard InChI is InChI=1S/C15H15NO3S/c1-10(16-15(17)12-4-7-20-9-12)11-2-3-13-14(8-11)19-6-5-18-13/h2-4,7-10H,5-6H2,1H3,(H,16,17). The van der Waals surface area contributed by atoms with Crippen molar-refractivity contribution in [2.45, 2.75) is 13.0 Å². The van der Waals surface area contributed by atoms with Gasteiger partial charge in [-0.25, -0.2) is 0 Å². The third-order valence-corrected chi connectivity index (χ3v) is 3.88. The van der Waals surface area contributed by atoms with Crippen molar-refractivity contribution in [2.24, 2.45) is 0 Å². The Balaban J connectivity index is 1.74. The molecule has 3 rings (SSSR count). The van der Waals surface area contributed by atoms with E-state index in [9.17, 15) is 4.79 Å².